The second kappa shape index (κ2) is 6.30. The van der Waals surface area contributed by atoms with E-state index in [1.807, 2.05) is 0 Å². The molecule has 20 heavy (non-hydrogen) atoms. The normalized spacial score (nSPS) is 26.6. The van der Waals surface area contributed by atoms with Gasteiger partial charge in [-0.1, -0.05) is 26.2 Å². The van der Waals surface area contributed by atoms with E-state index >= 15 is 0 Å². The van der Waals surface area contributed by atoms with Gasteiger partial charge in [0.2, 0.25) is 0 Å². The third-order valence-electron chi connectivity index (χ3n) is 4.98. The molecule has 3 rings (SSSR count). The second-order valence-corrected chi connectivity index (χ2v) is 7.42. The molecule has 0 aromatic carbocycles. The Hall–Kier alpha value is -0.830. The molecular formula is C17H25NOS. The fourth-order valence-corrected chi connectivity index (χ4v) is 4.76. The molecule has 110 valence electrons. The Morgan fingerprint density at radius 1 is 1.15 bits per heavy atom. The first kappa shape index (κ1) is 14.1. The van der Waals surface area contributed by atoms with Crippen molar-refractivity contribution in [2.45, 2.75) is 70.8 Å². The fraction of sp³-hybridized carbons (Fsp3) is 0.706. The van der Waals surface area contributed by atoms with Crippen LogP contribution in [0.2, 0.25) is 0 Å². The number of thiophene rings is 1. The van der Waals surface area contributed by atoms with Crippen LogP contribution in [0.4, 0.5) is 0 Å². The van der Waals surface area contributed by atoms with E-state index in [2.05, 4.69) is 17.6 Å². The van der Waals surface area contributed by atoms with Crippen LogP contribution >= 0.6 is 11.3 Å². The quantitative estimate of drug-likeness (QED) is 0.808. The predicted molar refractivity (Wildman–Crippen MR) is 84.5 cm³/mol. The predicted octanol–water partition coefficient (Wildman–Crippen LogP) is 4.33. The molecule has 0 unspecified atom stereocenters. The van der Waals surface area contributed by atoms with Gasteiger partial charge in [0, 0.05) is 16.3 Å². The lowest BCUT2D eigenvalue weighted by Crippen LogP contribution is -2.41. The highest BCUT2D eigenvalue weighted by molar-refractivity contribution is 7.10. The van der Waals surface area contributed by atoms with Crippen molar-refractivity contribution in [3.05, 3.63) is 21.4 Å². The number of hydrogen-bond acceptors (Lipinski definition) is 2. The van der Waals surface area contributed by atoms with Gasteiger partial charge in [0.1, 0.15) is 0 Å². The summed E-state index contributed by atoms with van der Waals surface area (Å²) in [6.07, 6.45) is 11.1. The van der Waals surface area contributed by atoms with Gasteiger partial charge in [-0.15, -0.1) is 11.3 Å². The second-order valence-electron chi connectivity index (χ2n) is 6.45. The third kappa shape index (κ3) is 2.93. The SMILES string of the molecule is C[C@H]1CCCC[C@H]1NC(=O)c1csc2c1CCCCC2. The Labute approximate surface area is 126 Å². The molecule has 0 aliphatic heterocycles. The first-order valence-corrected chi connectivity index (χ1v) is 9.04. The largest absolute Gasteiger partial charge is 0.349 e. The minimum Gasteiger partial charge on any atom is -0.349 e. The van der Waals surface area contributed by atoms with Crippen molar-refractivity contribution < 1.29 is 4.79 Å². The summed E-state index contributed by atoms with van der Waals surface area (Å²) in [6.45, 7) is 2.28. The van der Waals surface area contributed by atoms with Crippen LogP contribution in [0.25, 0.3) is 0 Å². The van der Waals surface area contributed by atoms with Gasteiger partial charge in [-0.2, -0.15) is 0 Å². The van der Waals surface area contributed by atoms with Crippen LogP contribution in [-0.4, -0.2) is 11.9 Å². The maximum atomic E-state index is 12.6. The van der Waals surface area contributed by atoms with Crippen molar-refractivity contribution in [3.63, 3.8) is 0 Å². The maximum absolute atomic E-state index is 12.6. The van der Waals surface area contributed by atoms with Gasteiger partial charge < -0.3 is 5.32 Å². The molecule has 1 N–H and O–H groups in total. The van der Waals surface area contributed by atoms with Crippen LogP contribution in [0.5, 0.6) is 0 Å². The standard InChI is InChI=1S/C17H25NOS/c1-12-7-5-6-9-15(12)18-17(19)14-11-20-16-10-4-2-3-8-13(14)16/h11-12,15H,2-10H2,1H3,(H,18,19)/t12-,15+/m0/s1. The Morgan fingerprint density at radius 2 is 1.95 bits per heavy atom. The average molecular weight is 291 g/mol. The molecular weight excluding hydrogens is 266 g/mol. The van der Waals surface area contributed by atoms with Gasteiger partial charge in [-0.3, -0.25) is 4.79 Å². The van der Waals surface area contributed by atoms with Crippen molar-refractivity contribution >= 4 is 17.2 Å². The summed E-state index contributed by atoms with van der Waals surface area (Å²) in [5, 5.41) is 5.41. The molecule has 2 aliphatic carbocycles. The molecule has 1 heterocycles. The molecule has 2 aliphatic rings. The van der Waals surface area contributed by atoms with E-state index in [1.54, 1.807) is 11.3 Å². The Kier molecular flexibility index (Phi) is 4.45. The average Bonchev–Trinajstić information content (AvgIpc) is 2.71. The van der Waals surface area contributed by atoms with E-state index in [0.29, 0.717) is 12.0 Å². The lowest BCUT2D eigenvalue weighted by atomic mass is 9.86. The number of amides is 1. The summed E-state index contributed by atoms with van der Waals surface area (Å²) in [4.78, 5) is 14.1. The molecule has 2 nitrogen and oxygen atoms in total. The lowest BCUT2D eigenvalue weighted by Gasteiger charge is -2.29. The molecule has 3 heteroatoms. The van der Waals surface area contributed by atoms with Crippen LogP contribution in [0.15, 0.2) is 5.38 Å². The van der Waals surface area contributed by atoms with Crippen LogP contribution in [-0.2, 0) is 12.8 Å². The van der Waals surface area contributed by atoms with Gasteiger partial charge in [-0.25, -0.2) is 0 Å². The molecule has 2 atom stereocenters. The Balaban J connectivity index is 1.72. The molecule has 0 saturated heterocycles. The van der Waals surface area contributed by atoms with Crippen LogP contribution in [0.3, 0.4) is 0 Å². The summed E-state index contributed by atoms with van der Waals surface area (Å²) < 4.78 is 0. The van der Waals surface area contributed by atoms with E-state index in [1.165, 1.54) is 55.4 Å². The monoisotopic (exact) mass is 291 g/mol. The van der Waals surface area contributed by atoms with Gasteiger partial charge in [0.05, 0.1) is 5.56 Å². The van der Waals surface area contributed by atoms with Gasteiger partial charge in [0.15, 0.2) is 0 Å². The molecule has 1 fully saturated rings. The zero-order chi connectivity index (χ0) is 13.9. The highest BCUT2D eigenvalue weighted by Gasteiger charge is 2.25. The molecule has 0 bridgehead atoms. The van der Waals surface area contributed by atoms with Crippen molar-refractivity contribution in [2.24, 2.45) is 5.92 Å². The first-order chi connectivity index (χ1) is 9.75. The molecule has 0 radical (unpaired) electrons. The lowest BCUT2D eigenvalue weighted by molar-refractivity contribution is 0.0910. The number of fused-ring (bicyclic) bond motifs is 1. The van der Waals surface area contributed by atoms with Crippen LogP contribution < -0.4 is 5.32 Å². The van der Waals surface area contributed by atoms with Gasteiger partial charge >= 0.3 is 0 Å². The van der Waals surface area contributed by atoms with Crippen molar-refractivity contribution in [3.8, 4) is 0 Å². The Morgan fingerprint density at radius 3 is 2.80 bits per heavy atom. The van der Waals surface area contributed by atoms with E-state index in [0.717, 1.165) is 18.4 Å². The molecule has 0 spiro atoms. The van der Waals surface area contributed by atoms with Crippen molar-refractivity contribution in [2.75, 3.05) is 0 Å². The summed E-state index contributed by atoms with van der Waals surface area (Å²) in [7, 11) is 0. The zero-order valence-electron chi connectivity index (χ0n) is 12.4. The fourth-order valence-electron chi connectivity index (χ4n) is 3.64. The first-order valence-electron chi connectivity index (χ1n) is 8.16. The molecule has 1 aromatic heterocycles. The van der Waals surface area contributed by atoms with E-state index in [9.17, 15) is 4.79 Å². The van der Waals surface area contributed by atoms with Gasteiger partial charge in [0.25, 0.3) is 5.91 Å². The van der Waals surface area contributed by atoms with Crippen LogP contribution in [0, 0.1) is 5.92 Å². The molecule has 1 saturated carbocycles. The summed E-state index contributed by atoms with van der Waals surface area (Å²) in [6, 6.07) is 0.387. The summed E-state index contributed by atoms with van der Waals surface area (Å²) in [5.41, 5.74) is 2.33. The highest BCUT2D eigenvalue weighted by atomic mass is 32.1. The minimum atomic E-state index is 0.183. The number of carbonyl (C=O) groups is 1. The third-order valence-corrected chi connectivity index (χ3v) is 6.07. The molecule has 1 aromatic rings. The van der Waals surface area contributed by atoms with Crippen LogP contribution in [0.1, 0.15) is 72.7 Å². The number of rotatable bonds is 2. The van der Waals surface area contributed by atoms with E-state index in [4.69, 9.17) is 0 Å². The number of nitrogens with one attached hydrogen (secondary N) is 1. The highest BCUT2D eigenvalue weighted by Crippen LogP contribution is 2.30. The van der Waals surface area contributed by atoms with Gasteiger partial charge in [-0.05, 0) is 50.0 Å². The zero-order valence-corrected chi connectivity index (χ0v) is 13.2. The maximum Gasteiger partial charge on any atom is 0.252 e. The van der Waals surface area contributed by atoms with Crippen molar-refractivity contribution in [1.29, 1.82) is 0 Å². The summed E-state index contributed by atoms with van der Waals surface area (Å²) in [5.74, 6) is 0.813. The van der Waals surface area contributed by atoms with E-state index < -0.39 is 0 Å². The van der Waals surface area contributed by atoms with E-state index in [-0.39, 0.29) is 5.91 Å². The Bertz CT molecular complexity index is 479. The topological polar surface area (TPSA) is 29.1 Å². The minimum absolute atomic E-state index is 0.183. The number of aryl methyl sites for hydroxylation is 1. The summed E-state index contributed by atoms with van der Waals surface area (Å²) >= 11 is 1.80. The molecule has 1 amide bonds. The van der Waals surface area contributed by atoms with Crippen molar-refractivity contribution in [1.82, 2.24) is 5.32 Å². The number of carbonyl (C=O) groups excluding carboxylic acids is 1. The number of hydrogen-bond donors (Lipinski definition) is 1. The smallest absolute Gasteiger partial charge is 0.252 e.